The van der Waals surface area contributed by atoms with Gasteiger partial charge in [0.2, 0.25) is 0 Å². The molecule has 0 spiro atoms. The number of methoxy groups -OCH3 is 1. The fourth-order valence-corrected chi connectivity index (χ4v) is 2.17. The normalized spacial score (nSPS) is 17.6. The lowest BCUT2D eigenvalue weighted by Gasteiger charge is -2.19. The molecule has 17 heavy (non-hydrogen) atoms. The minimum absolute atomic E-state index is 0.0314. The fourth-order valence-electron chi connectivity index (χ4n) is 1.34. The number of nitrogens with one attached hydrogen (secondary N) is 1. The number of nitrogens with zero attached hydrogens (tertiary/aromatic N) is 1. The largest absolute Gasteiger partial charge is 0.465 e. The van der Waals surface area contributed by atoms with Gasteiger partial charge in [-0.3, -0.25) is 0 Å². The summed E-state index contributed by atoms with van der Waals surface area (Å²) in [6.45, 7) is 0. The maximum Gasteiger partial charge on any atom is 0.411 e. The molecule has 1 heterocycles. The fraction of sp³-hybridized carbons (Fsp3) is 0.556. The van der Waals surface area contributed by atoms with Gasteiger partial charge in [0.1, 0.15) is 10.4 Å². The summed E-state index contributed by atoms with van der Waals surface area (Å²) in [4.78, 5) is 15.0. The van der Waals surface area contributed by atoms with E-state index in [9.17, 15) is 18.0 Å². The van der Waals surface area contributed by atoms with Crippen LogP contribution < -0.4 is 5.32 Å². The molecule has 1 aromatic heterocycles. The number of esters is 1. The number of aromatic nitrogens is 1. The number of ether oxygens (including phenoxy) is 1. The lowest BCUT2D eigenvalue weighted by molar-refractivity contribution is -0.151. The minimum atomic E-state index is -4.30. The summed E-state index contributed by atoms with van der Waals surface area (Å²) in [5.41, 5.74) is -1.86. The van der Waals surface area contributed by atoms with Gasteiger partial charge in [-0.1, -0.05) is 11.3 Å². The summed E-state index contributed by atoms with van der Waals surface area (Å²) in [7, 11) is 1.20. The molecule has 0 aromatic carbocycles. The Morgan fingerprint density at radius 3 is 2.71 bits per heavy atom. The highest BCUT2D eigenvalue weighted by Gasteiger charge is 2.63. The standard InChI is InChI=1S/C9H9F3N2O2S/c1-16-6(15)5-4-13-7(17-5)14-8(2-3-8)9(10,11)12/h4H,2-3H2,1H3,(H,13,14). The molecule has 94 valence electrons. The Morgan fingerprint density at radius 2 is 2.24 bits per heavy atom. The molecule has 4 nitrogen and oxygen atoms in total. The van der Waals surface area contributed by atoms with Crippen LogP contribution in [0.25, 0.3) is 0 Å². The number of thiazole rings is 1. The summed E-state index contributed by atoms with van der Waals surface area (Å²) in [5, 5.41) is 2.43. The molecule has 0 bridgehead atoms. The molecule has 2 rings (SSSR count). The van der Waals surface area contributed by atoms with Gasteiger partial charge >= 0.3 is 12.1 Å². The van der Waals surface area contributed by atoms with E-state index in [1.807, 2.05) is 0 Å². The Kier molecular flexibility index (Phi) is 2.76. The Balaban J connectivity index is 2.10. The van der Waals surface area contributed by atoms with Crippen molar-refractivity contribution in [2.24, 2.45) is 0 Å². The average Bonchev–Trinajstić information content (AvgIpc) is 2.89. The van der Waals surface area contributed by atoms with Crippen molar-refractivity contribution in [1.29, 1.82) is 0 Å². The predicted molar refractivity (Wildman–Crippen MR) is 55.1 cm³/mol. The van der Waals surface area contributed by atoms with Crippen molar-refractivity contribution >= 4 is 22.4 Å². The molecule has 1 saturated carbocycles. The van der Waals surface area contributed by atoms with Crippen LogP contribution in [0.15, 0.2) is 6.20 Å². The lowest BCUT2D eigenvalue weighted by atomic mass is 10.3. The number of alkyl halides is 3. The van der Waals surface area contributed by atoms with Gasteiger partial charge in [-0.2, -0.15) is 13.2 Å². The van der Waals surface area contributed by atoms with Crippen LogP contribution in [0.2, 0.25) is 0 Å². The number of hydrogen-bond acceptors (Lipinski definition) is 5. The highest BCUT2D eigenvalue weighted by molar-refractivity contribution is 7.17. The van der Waals surface area contributed by atoms with Crippen molar-refractivity contribution in [3.05, 3.63) is 11.1 Å². The highest BCUT2D eigenvalue weighted by Crippen LogP contribution is 2.51. The van der Waals surface area contributed by atoms with Crippen molar-refractivity contribution in [2.75, 3.05) is 12.4 Å². The van der Waals surface area contributed by atoms with E-state index in [0.717, 1.165) is 11.3 Å². The van der Waals surface area contributed by atoms with E-state index in [4.69, 9.17) is 0 Å². The molecular formula is C9H9F3N2O2S. The summed E-state index contributed by atoms with van der Waals surface area (Å²) in [6, 6.07) is 0. The monoisotopic (exact) mass is 266 g/mol. The SMILES string of the molecule is COC(=O)c1cnc(NC2(C(F)(F)F)CC2)s1. The van der Waals surface area contributed by atoms with Crippen LogP contribution in [0.4, 0.5) is 18.3 Å². The van der Waals surface area contributed by atoms with E-state index < -0.39 is 17.7 Å². The van der Waals surface area contributed by atoms with Gasteiger partial charge < -0.3 is 10.1 Å². The molecule has 1 aliphatic carbocycles. The second kappa shape index (κ2) is 3.86. The first-order valence-electron chi connectivity index (χ1n) is 4.77. The van der Waals surface area contributed by atoms with Crippen LogP contribution in [0.1, 0.15) is 22.5 Å². The van der Waals surface area contributed by atoms with E-state index in [1.165, 1.54) is 13.3 Å². The van der Waals surface area contributed by atoms with Crippen molar-refractivity contribution in [3.8, 4) is 0 Å². The second-order valence-corrected chi connectivity index (χ2v) is 4.76. The van der Waals surface area contributed by atoms with Crippen LogP contribution in [0, 0.1) is 0 Å². The topological polar surface area (TPSA) is 51.2 Å². The van der Waals surface area contributed by atoms with Crippen LogP contribution in [0.5, 0.6) is 0 Å². The Morgan fingerprint density at radius 1 is 1.59 bits per heavy atom. The molecule has 1 N–H and O–H groups in total. The number of hydrogen-bond donors (Lipinski definition) is 1. The molecule has 0 aliphatic heterocycles. The molecule has 0 unspecified atom stereocenters. The first kappa shape index (κ1) is 12.2. The van der Waals surface area contributed by atoms with Crippen molar-refractivity contribution in [1.82, 2.24) is 4.98 Å². The number of anilines is 1. The summed E-state index contributed by atoms with van der Waals surface area (Å²) in [5.74, 6) is -0.604. The Labute approximate surface area is 98.8 Å². The van der Waals surface area contributed by atoms with Gasteiger partial charge in [-0.15, -0.1) is 0 Å². The molecule has 1 aromatic rings. The molecule has 0 radical (unpaired) electrons. The summed E-state index contributed by atoms with van der Waals surface area (Å²) >= 11 is 0.852. The molecule has 0 atom stereocenters. The third-order valence-corrected chi connectivity index (χ3v) is 3.42. The van der Waals surface area contributed by atoms with Gasteiger partial charge in [0.05, 0.1) is 13.3 Å². The zero-order valence-corrected chi connectivity index (χ0v) is 9.61. The predicted octanol–water partition coefficient (Wildman–Crippen LogP) is 2.44. The number of carbonyl (C=O) groups is 1. The highest BCUT2D eigenvalue weighted by atomic mass is 32.1. The second-order valence-electron chi connectivity index (χ2n) is 3.73. The minimum Gasteiger partial charge on any atom is -0.465 e. The molecule has 1 fully saturated rings. The van der Waals surface area contributed by atoms with Crippen LogP contribution in [0.3, 0.4) is 0 Å². The van der Waals surface area contributed by atoms with Crippen LogP contribution in [-0.2, 0) is 4.74 Å². The van der Waals surface area contributed by atoms with E-state index in [2.05, 4.69) is 15.0 Å². The van der Waals surface area contributed by atoms with Gasteiger partial charge in [-0.05, 0) is 12.8 Å². The van der Waals surface area contributed by atoms with Crippen molar-refractivity contribution in [3.63, 3.8) is 0 Å². The Bertz CT molecular complexity index is 440. The van der Waals surface area contributed by atoms with E-state index in [1.54, 1.807) is 0 Å². The van der Waals surface area contributed by atoms with Gasteiger partial charge in [0, 0.05) is 0 Å². The summed E-state index contributed by atoms with van der Waals surface area (Å²) < 4.78 is 42.4. The zero-order valence-electron chi connectivity index (χ0n) is 8.80. The van der Waals surface area contributed by atoms with E-state index in [-0.39, 0.29) is 22.9 Å². The third kappa shape index (κ3) is 2.21. The first-order valence-corrected chi connectivity index (χ1v) is 5.59. The number of halogens is 3. The quantitative estimate of drug-likeness (QED) is 0.854. The van der Waals surface area contributed by atoms with Crippen LogP contribution in [-0.4, -0.2) is 29.8 Å². The van der Waals surface area contributed by atoms with E-state index >= 15 is 0 Å². The average molecular weight is 266 g/mol. The smallest absolute Gasteiger partial charge is 0.411 e. The molecule has 8 heteroatoms. The maximum absolute atomic E-state index is 12.6. The van der Waals surface area contributed by atoms with Gasteiger partial charge in [0.25, 0.3) is 0 Å². The lowest BCUT2D eigenvalue weighted by Crippen LogP contribution is -2.38. The zero-order chi connectivity index (χ0) is 12.7. The molecule has 0 amide bonds. The van der Waals surface area contributed by atoms with Gasteiger partial charge in [-0.25, -0.2) is 9.78 Å². The van der Waals surface area contributed by atoms with Crippen LogP contribution >= 0.6 is 11.3 Å². The first-order chi connectivity index (χ1) is 7.88. The molecular weight excluding hydrogens is 257 g/mol. The van der Waals surface area contributed by atoms with Crippen molar-refractivity contribution in [2.45, 2.75) is 24.6 Å². The van der Waals surface area contributed by atoms with Gasteiger partial charge in [0.15, 0.2) is 5.13 Å². The number of carbonyl (C=O) groups excluding carboxylic acids is 1. The number of rotatable bonds is 3. The molecule has 0 saturated heterocycles. The summed E-state index contributed by atoms with van der Waals surface area (Å²) in [6.07, 6.45) is -3.04. The third-order valence-electron chi connectivity index (χ3n) is 2.53. The molecule has 1 aliphatic rings. The Hall–Kier alpha value is -1.31. The van der Waals surface area contributed by atoms with E-state index in [0.29, 0.717) is 0 Å². The van der Waals surface area contributed by atoms with Crippen molar-refractivity contribution < 1.29 is 22.7 Å². The maximum atomic E-state index is 12.6.